The van der Waals surface area contributed by atoms with E-state index in [2.05, 4.69) is 0 Å². The van der Waals surface area contributed by atoms with Crippen molar-refractivity contribution in [2.24, 2.45) is 0 Å². The number of sulfonamides is 1. The minimum atomic E-state index is -3.57. The van der Waals surface area contributed by atoms with Crippen molar-refractivity contribution in [2.45, 2.75) is 44.2 Å². The van der Waals surface area contributed by atoms with Gasteiger partial charge in [0.1, 0.15) is 11.5 Å². The summed E-state index contributed by atoms with van der Waals surface area (Å²) < 4.78 is 38.7. The molecule has 0 spiro atoms. The second-order valence-electron chi connectivity index (χ2n) is 6.74. The van der Waals surface area contributed by atoms with E-state index in [-0.39, 0.29) is 17.0 Å². The summed E-state index contributed by atoms with van der Waals surface area (Å²) in [4.78, 5) is 0.289. The lowest BCUT2D eigenvalue weighted by Gasteiger charge is -2.34. The van der Waals surface area contributed by atoms with Crippen LogP contribution in [0.5, 0.6) is 11.5 Å². The fraction of sp³-hybridized carbons (Fsp3) is 0.400. The van der Waals surface area contributed by atoms with Crippen LogP contribution in [0.2, 0.25) is 0 Å². The molecule has 1 aliphatic heterocycles. The minimum Gasteiger partial charge on any atom is -0.497 e. The van der Waals surface area contributed by atoms with Gasteiger partial charge in [0.05, 0.1) is 18.1 Å². The Balaban J connectivity index is 1.87. The monoisotopic (exact) mass is 375 g/mol. The number of nitrogens with zero attached hydrogens (tertiary/aromatic N) is 1. The van der Waals surface area contributed by atoms with E-state index >= 15 is 0 Å². The molecule has 5 nitrogen and oxygen atoms in total. The smallest absolute Gasteiger partial charge is 0.243 e. The standard InChI is InChI=1S/C20H25NO4S/c1-14(2)25-17-5-8-19(9-6-17)26(22,23)21-12-11-16-13-18(24-4)7-10-20(16)15(21)3/h5-10,13-15H,11-12H2,1-4H3. The zero-order valence-electron chi connectivity index (χ0n) is 15.6. The lowest BCUT2D eigenvalue weighted by molar-refractivity contribution is 0.242. The van der Waals surface area contributed by atoms with Crippen LogP contribution in [0.1, 0.15) is 37.9 Å². The summed E-state index contributed by atoms with van der Waals surface area (Å²) in [5, 5.41) is 0. The lowest BCUT2D eigenvalue weighted by atomic mass is 9.95. The second-order valence-corrected chi connectivity index (χ2v) is 8.64. The summed E-state index contributed by atoms with van der Waals surface area (Å²) in [6.45, 7) is 6.26. The van der Waals surface area contributed by atoms with Gasteiger partial charge in [-0.2, -0.15) is 4.31 Å². The zero-order chi connectivity index (χ0) is 18.9. The van der Waals surface area contributed by atoms with Crippen LogP contribution in [0.4, 0.5) is 0 Å². The zero-order valence-corrected chi connectivity index (χ0v) is 16.4. The molecule has 26 heavy (non-hydrogen) atoms. The molecule has 0 saturated heterocycles. The van der Waals surface area contributed by atoms with E-state index in [1.54, 1.807) is 35.7 Å². The number of benzene rings is 2. The molecule has 0 radical (unpaired) electrons. The Morgan fingerprint density at radius 2 is 1.73 bits per heavy atom. The second kappa shape index (κ2) is 7.29. The van der Waals surface area contributed by atoms with Crippen LogP contribution in [0, 0.1) is 0 Å². The molecule has 3 rings (SSSR count). The van der Waals surface area contributed by atoms with E-state index in [9.17, 15) is 8.42 Å². The fourth-order valence-electron chi connectivity index (χ4n) is 3.34. The van der Waals surface area contributed by atoms with E-state index < -0.39 is 10.0 Å². The number of hydrogen-bond donors (Lipinski definition) is 0. The van der Waals surface area contributed by atoms with Crippen molar-refractivity contribution in [3.63, 3.8) is 0 Å². The van der Waals surface area contributed by atoms with Crippen molar-refractivity contribution >= 4 is 10.0 Å². The van der Waals surface area contributed by atoms with Crippen LogP contribution >= 0.6 is 0 Å². The van der Waals surface area contributed by atoms with Crippen molar-refractivity contribution in [3.05, 3.63) is 53.6 Å². The predicted molar refractivity (Wildman–Crippen MR) is 101 cm³/mol. The molecule has 0 fully saturated rings. The maximum Gasteiger partial charge on any atom is 0.243 e. The molecule has 0 aromatic heterocycles. The molecule has 6 heteroatoms. The van der Waals surface area contributed by atoms with E-state index in [4.69, 9.17) is 9.47 Å². The fourth-order valence-corrected chi connectivity index (χ4v) is 4.95. The third kappa shape index (κ3) is 3.57. The number of hydrogen-bond acceptors (Lipinski definition) is 4. The van der Waals surface area contributed by atoms with Gasteiger partial charge in [-0.15, -0.1) is 0 Å². The first-order chi connectivity index (χ1) is 12.3. The number of fused-ring (bicyclic) bond motifs is 1. The highest BCUT2D eigenvalue weighted by Crippen LogP contribution is 2.35. The molecule has 0 bridgehead atoms. The Kier molecular flexibility index (Phi) is 5.25. The number of rotatable bonds is 5. The largest absolute Gasteiger partial charge is 0.497 e. The third-order valence-corrected chi connectivity index (χ3v) is 6.62. The van der Waals surface area contributed by atoms with E-state index in [1.807, 2.05) is 39.0 Å². The van der Waals surface area contributed by atoms with Gasteiger partial charge in [-0.25, -0.2) is 8.42 Å². The summed E-state index contributed by atoms with van der Waals surface area (Å²) in [6.07, 6.45) is 0.720. The molecule has 0 amide bonds. The van der Waals surface area contributed by atoms with Crippen molar-refractivity contribution in [3.8, 4) is 11.5 Å². The maximum atomic E-state index is 13.1. The molecule has 2 aromatic rings. The lowest BCUT2D eigenvalue weighted by Crippen LogP contribution is -2.38. The summed E-state index contributed by atoms with van der Waals surface area (Å²) in [6, 6.07) is 12.3. The average Bonchev–Trinajstić information content (AvgIpc) is 2.61. The Morgan fingerprint density at radius 3 is 2.35 bits per heavy atom. The van der Waals surface area contributed by atoms with E-state index in [1.165, 1.54) is 0 Å². The van der Waals surface area contributed by atoms with Crippen molar-refractivity contribution in [2.75, 3.05) is 13.7 Å². The van der Waals surface area contributed by atoms with Crippen LogP contribution in [0.25, 0.3) is 0 Å². The van der Waals surface area contributed by atoms with Gasteiger partial charge in [-0.05, 0) is 74.7 Å². The normalized spacial score (nSPS) is 17.8. The topological polar surface area (TPSA) is 55.8 Å². The van der Waals surface area contributed by atoms with Crippen molar-refractivity contribution in [1.82, 2.24) is 4.31 Å². The first kappa shape index (κ1) is 18.7. The molecule has 0 aliphatic carbocycles. The van der Waals surface area contributed by atoms with Gasteiger partial charge < -0.3 is 9.47 Å². The summed E-state index contributed by atoms with van der Waals surface area (Å²) in [5.41, 5.74) is 2.17. The summed E-state index contributed by atoms with van der Waals surface area (Å²) >= 11 is 0. The molecule has 1 heterocycles. The van der Waals surface area contributed by atoms with Gasteiger partial charge in [-0.1, -0.05) is 6.07 Å². The minimum absolute atomic E-state index is 0.0491. The molecule has 140 valence electrons. The first-order valence-corrected chi connectivity index (χ1v) is 10.2. The Morgan fingerprint density at radius 1 is 1.08 bits per heavy atom. The van der Waals surface area contributed by atoms with Crippen LogP contribution in [0.3, 0.4) is 0 Å². The molecule has 0 saturated carbocycles. The highest BCUT2D eigenvalue weighted by Gasteiger charge is 2.34. The quantitative estimate of drug-likeness (QED) is 0.798. The molecule has 1 aliphatic rings. The van der Waals surface area contributed by atoms with Gasteiger partial charge in [0.15, 0.2) is 0 Å². The van der Waals surface area contributed by atoms with Crippen LogP contribution in [-0.4, -0.2) is 32.5 Å². The van der Waals surface area contributed by atoms with Gasteiger partial charge >= 0.3 is 0 Å². The molecule has 0 N–H and O–H groups in total. The highest BCUT2D eigenvalue weighted by atomic mass is 32.2. The molecular formula is C20H25NO4S. The van der Waals surface area contributed by atoms with E-state index in [0.29, 0.717) is 18.7 Å². The van der Waals surface area contributed by atoms with Crippen LogP contribution in [-0.2, 0) is 16.4 Å². The van der Waals surface area contributed by atoms with Crippen molar-refractivity contribution in [1.29, 1.82) is 0 Å². The average molecular weight is 375 g/mol. The summed E-state index contributed by atoms with van der Waals surface area (Å²) in [5.74, 6) is 1.47. The summed E-state index contributed by atoms with van der Waals surface area (Å²) in [7, 11) is -1.93. The maximum absolute atomic E-state index is 13.1. The Labute approximate surface area is 155 Å². The SMILES string of the molecule is COc1ccc2c(c1)CCN(S(=O)(=O)c1ccc(OC(C)C)cc1)C2C. The molecular weight excluding hydrogens is 350 g/mol. The Bertz CT molecular complexity index is 875. The molecule has 1 unspecified atom stereocenters. The van der Waals surface area contributed by atoms with Crippen LogP contribution < -0.4 is 9.47 Å². The predicted octanol–water partition coefficient (Wildman–Crippen LogP) is 3.79. The van der Waals surface area contributed by atoms with Gasteiger partial charge in [0, 0.05) is 12.6 Å². The van der Waals surface area contributed by atoms with Gasteiger partial charge in [0.25, 0.3) is 0 Å². The number of ether oxygens (including phenoxy) is 2. The Hall–Kier alpha value is -2.05. The molecule has 1 atom stereocenters. The molecule has 2 aromatic carbocycles. The third-order valence-electron chi connectivity index (χ3n) is 4.64. The van der Waals surface area contributed by atoms with Gasteiger partial charge in [0.2, 0.25) is 10.0 Å². The number of methoxy groups -OCH3 is 1. The highest BCUT2D eigenvalue weighted by molar-refractivity contribution is 7.89. The van der Waals surface area contributed by atoms with Crippen LogP contribution in [0.15, 0.2) is 47.4 Å². The van der Waals surface area contributed by atoms with E-state index in [0.717, 1.165) is 16.9 Å². The van der Waals surface area contributed by atoms with Crippen molar-refractivity contribution < 1.29 is 17.9 Å². The van der Waals surface area contributed by atoms with Gasteiger partial charge in [-0.3, -0.25) is 0 Å². The first-order valence-electron chi connectivity index (χ1n) is 8.78.